The van der Waals surface area contributed by atoms with Crippen LogP contribution in [0.5, 0.6) is 0 Å². The molecule has 0 aromatic rings. The number of ketones is 2. The number of aliphatic hydroxyl groups excluding tert-OH is 6. The average molecular weight is 683 g/mol. The topological polar surface area (TPSA) is 214 Å². The third-order valence-electron chi connectivity index (χ3n) is 13.8. The second kappa shape index (κ2) is 12.1. The van der Waals surface area contributed by atoms with Gasteiger partial charge < -0.3 is 50.3 Å². The third-order valence-corrected chi connectivity index (χ3v) is 13.8. The van der Waals surface area contributed by atoms with Crippen molar-refractivity contribution in [2.24, 2.45) is 39.4 Å². The van der Waals surface area contributed by atoms with E-state index in [0.717, 1.165) is 5.57 Å². The lowest BCUT2D eigenvalue weighted by Gasteiger charge is -2.65. The van der Waals surface area contributed by atoms with Crippen molar-refractivity contribution in [3.63, 3.8) is 0 Å². The largest absolute Gasteiger partial charge is 0.394 e. The van der Waals surface area contributed by atoms with Crippen molar-refractivity contribution in [1.29, 1.82) is 0 Å². The van der Waals surface area contributed by atoms with E-state index in [1.807, 2.05) is 27.7 Å². The first kappa shape index (κ1) is 37.9. The van der Waals surface area contributed by atoms with Crippen molar-refractivity contribution in [3.8, 4) is 0 Å². The van der Waals surface area contributed by atoms with Crippen LogP contribution in [0.4, 0.5) is 0 Å². The Hall–Kier alpha value is -1.32. The van der Waals surface area contributed by atoms with Crippen molar-refractivity contribution in [2.45, 2.75) is 154 Å². The quantitative estimate of drug-likeness (QED) is 0.167. The molecule has 15 atom stereocenters. The summed E-state index contributed by atoms with van der Waals surface area (Å²) in [5, 5.41) is 86.2. The molecule has 1 saturated heterocycles. The highest BCUT2D eigenvalue weighted by Gasteiger charge is 2.74. The van der Waals surface area contributed by atoms with Crippen molar-refractivity contribution < 1.29 is 59.9 Å². The lowest BCUT2D eigenvalue weighted by molar-refractivity contribution is -0.327. The van der Waals surface area contributed by atoms with Gasteiger partial charge in [0, 0.05) is 29.6 Å². The normalized spacial score (nSPS) is 48.5. The zero-order chi connectivity index (χ0) is 36.2. The Balaban J connectivity index is 1.47. The fraction of sp³-hybridized carbons (Fsp3) is 0.889. The number of aliphatic hydroxyl groups is 8. The van der Waals surface area contributed by atoms with Crippen LogP contribution in [0, 0.1) is 39.4 Å². The van der Waals surface area contributed by atoms with E-state index in [2.05, 4.69) is 13.0 Å². The fourth-order valence-electron chi connectivity index (χ4n) is 11.0. The molecule has 5 rings (SSSR count). The Morgan fingerprint density at radius 1 is 0.958 bits per heavy atom. The molecule has 3 saturated carbocycles. The smallest absolute Gasteiger partial charge is 0.187 e. The van der Waals surface area contributed by atoms with Gasteiger partial charge in [0.2, 0.25) is 0 Å². The molecule has 4 aliphatic carbocycles. The summed E-state index contributed by atoms with van der Waals surface area (Å²) in [4.78, 5) is 28.1. The Kier molecular flexibility index (Phi) is 9.59. The maximum absolute atomic E-state index is 14.6. The van der Waals surface area contributed by atoms with Gasteiger partial charge in [-0.1, -0.05) is 46.3 Å². The van der Waals surface area contributed by atoms with Crippen LogP contribution in [0.3, 0.4) is 0 Å². The van der Waals surface area contributed by atoms with Gasteiger partial charge in [0.25, 0.3) is 0 Å². The van der Waals surface area contributed by atoms with E-state index in [0.29, 0.717) is 6.42 Å². The molecule has 1 heterocycles. The molecule has 0 unspecified atom stereocenters. The zero-order valence-electron chi connectivity index (χ0n) is 29.6. The molecular weight excluding hydrogens is 624 g/mol. The van der Waals surface area contributed by atoms with Gasteiger partial charge in [-0.15, -0.1) is 0 Å². The first-order chi connectivity index (χ1) is 21.9. The minimum Gasteiger partial charge on any atom is -0.394 e. The number of carbonyl (C=O) groups excluding carboxylic acids is 2. The number of hydrogen-bond donors (Lipinski definition) is 8. The van der Waals surface area contributed by atoms with Crippen LogP contribution in [0.15, 0.2) is 11.6 Å². The van der Waals surface area contributed by atoms with Crippen LogP contribution in [0.2, 0.25) is 0 Å². The Morgan fingerprint density at radius 2 is 1.58 bits per heavy atom. The van der Waals surface area contributed by atoms with Gasteiger partial charge in [-0.2, -0.15) is 0 Å². The monoisotopic (exact) mass is 682 g/mol. The SMILES string of the molecule is CC(C)(O)CCC(=O)[C@](C)(O)[C@H]1[C@H](O)C[C@@]2(C)[C@@H]3CC=C4[C@@H](C[C@H](O)[C@@H](O[C@@H]5O[C@H](CO)[C@@H](O)[C@H](O)[C@H]5O)C4(C)C)[C@]3(C)C(=O)C[C@]12C. The van der Waals surface area contributed by atoms with E-state index in [1.165, 1.54) is 6.92 Å². The molecule has 0 radical (unpaired) electrons. The summed E-state index contributed by atoms with van der Waals surface area (Å²) in [7, 11) is 0. The van der Waals surface area contributed by atoms with Crippen molar-refractivity contribution in [1.82, 2.24) is 0 Å². The van der Waals surface area contributed by atoms with Gasteiger partial charge in [-0.05, 0) is 69.1 Å². The van der Waals surface area contributed by atoms with Gasteiger partial charge in [-0.25, -0.2) is 0 Å². The summed E-state index contributed by atoms with van der Waals surface area (Å²) in [5.41, 5.74) is -5.54. The summed E-state index contributed by atoms with van der Waals surface area (Å²) in [6.45, 7) is 13.7. The Labute approximate surface area is 283 Å². The van der Waals surface area contributed by atoms with E-state index in [9.17, 15) is 50.4 Å². The van der Waals surface area contributed by atoms with Crippen molar-refractivity contribution >= 4 is 11.6 Å². The minimum atomic E-state index is -1.93. The lowest BCUT2D eigenvalue weighted by atomic mass is 9.38. The van der Waals surface area contributed by atoms with Gasteiger partial charge in [-0.3, -0.25) is 9.59 Å². The van der Waals surface area contributed by atoms with Crippen molar-refractivity contribution in [3.05, 3.63) is 11.6 Å². The van der Waals surface area contributed by atoms with Crippen LogP contribution in [-0.4, -0.2) is 119 Å². The van der Waals surface area contributed by atoms with Gasteiger partial charge in [0.15, 0.2) is 12.1 Å². The number of allylic oxidation sites excluding steroid dienone is 1. The van der Waals surface area contributed by atoms with E-state index in [4.69, 9.17) is 9.47 Å². The summed E-state index contributed by atoms with van der Waals surface area (Å²) in [5.74, 6) is -2.12. The highest BCUT2D eigenvalue weighted by Crippen LogP contribution is 2.74. The van der Waals surface area contributed by atoms with Crippen molar-refractivity contribution in [2.75, 3.05) is 6.61 Å². The molecular formula is C36H58O12. The molecule has 1 aliphatic heterocycles. The molecule has 12 heteroatoms. The molecule has 0 bridgehead atoms. The molecule has 5 aliphatic rings. The number of hydrogen-bond acceptors (Lipinski definition) is 12. The van der Waals surface area contributed by atoms with Crippen LogP contribution in [0.1, 0.15) is 93.9 Å². The Bertz CT molecular complexity index is 1300. The molecule has 0 aromatic heterocycles. The second-order valence-electron chi connectivity index (χ2n) is 17.6. The number of carbonyl (C=O) groups is 2. The first-order valence-corrected chi connectivity index (χ1v) is 17.4. The maximum Gasteiger partial charge on any atom is 0.187 e. The molecule has 12 nitrogen and oxygen atoms in total. The lowest BCUT2D eigenvalue weighted by Crippen LogP contribution is -2.66. The highest BCUT2D eigenvalue weighted by molar-refractivity contribution is 5.90. The molecule has 0 spiro atoms. The molecule has 48 heavy (non-hydrogen) atoms. The predicted molar refractivity (Wildman–Crippen MR) is 172 cm³/mol. The van der Waals surface area contributed by atoms with E-state index in [1.54, 1.807) is 13.8 Å². The van der Waals surface area contributed by atoms with Gasteiger partial charge in [0.1, 0.15) is 35.8 Å². The molecule has 8 N–H and O–H groups in total. The fourth-order valence-corrected chi connectivity index (χ4v) is 11.0. The van der Waals surface area contributed by atoms with Crippen LogP contribution < -0.4 is 0 Å². The van der Waals surface area contributed by atoms with Crippen LogP contribution in [0.25, 0.3) is 0 Å². The third kappa shape index (κ3) is 5.48. The highest BCUT2D eigenvalue weighted by atomic mass is 16.7. The average Bonchev–Trinajstić information content (AvgIpc) is 3.18. The standard InChI is InChI=1S/C36H58O12/c1-31(2,45)12-11-23(40)36(8,46)28-20(39)14-33(5)22-10-9-17-18(35(22,7)24(41)15-34(28,33)6)13-19(38)29(32(17,3)4)48-30-27(44)26(43)25(42)21(16-37)47-30/h9,18-22,25-30,37-39,42-46H,10-16H2,1-8H3/t18-,19+,20-,21-,22+,25-,26+,27-,28+,29-,30+,33+,34-,35+,36+/m1/s1. The Morgan fingerprint density at radius 3 is 2.17 bits per heavy atom. The van der Waals surface area contributed by atoms with Crippen LogP contribution >= 0.6 is 0 Å². The summed E-state index contributed by atoms with van der Waals surface area (Å²) in [6, 6.07) is 0. The molecule has 0 aromatic carbocycles. The number of Topliss-reactive ketones (excluding diaryl/α,β-unsaturated/α-hetero) is 2. The molecule has 274 valence electrons. The summed E-state index contributed by atoms with van der Waals surface area (Å²) >= 11 is 0. The van der Waals surface area contributed by atoms with E-state index < -0.39 is 106 Å². The maximum atomic E-state index is 14.6. The molecule has 4 fully saturated rings. The minimum absolute atomic E-state index is 0.0260. The van der Waals surface area contributed by atoms with Crippen LogP contribution in [-0.2, 0) is 19.1 Å². The van der Waals surface area contributed by atoms with E-state index >= 15 is 0 Å². The van der Waals surface area contributed by atoms with E-state index in [-0.39, 0.29) is 43.8 Å². The predicted octanol–water partition coefficient (Wildman–Crippen LogP) is 0.769. The second-order valence-corrected chi connectivity index (χ2v) is 17.6. The van der Waals surface area contributed by atoms with Gasteiger partial charge in [0.05, 0.1) is 30.5 Å². The molecule has 0 amide bonds. The zero-order valence-corrected chi connectivity index (χ0v) is 29.6. The summed E-state index contributed by atoms with van der Waals surface area (Å²) in [6.07, 6.45) is -7.43. The number of ether oxygens (including phenoxy) is 2. The number of rotatable bonds is 8. The first-order valence-electron chi connectivity index (χ1n) is 17.4. The number of fused-ring (bicyclic) bond motifs is 5. The van der Waals surface area contributed by atoms with Gasteiger partial charge >= 0.3 is 0 Å². The summed E-state index contributed by atoms with van der Waals surface area (Å²) < 4.78 is 11.8.